The molecule has 6 nitrogen and oxygen atoms in total. The fourth-order valence-electron chi connectivity index (χ4n) is 1.75. The Bertz CT molecular complexity index is 567. The molecule has 0 atom stereocenters. The number of carbonyl (C=O) groups is 1. The first-order valence-corrected chi connectivity index (χ1v) is 6.39. The van der Waals surface area contributed by atoms with Crippen LogP contribution in [0, 0.1) is 0 Å². The van der Waals surface area contributed by atoms with E-state index in [2.05, 4.69) is 10.3 Å². The van der Waals surface area contributed by atoms with Crippen LogP contribution < -0.4 is 11.1 Å². The van der Waals surface area contributed by atoms with Gasteiger partial charge in [0, 0.05) is 13.0 Å². The molecule has 106 valence electrons. The molecular formula is C14H17N3O3. The highest BCUT2D eigenvalue weighted by atomic mass is 16.5. The minimum atomic E-state index is -0.437. The van der Waals surface area contributed by atoms with Crippen molar-refractivity contribution < 1.29 is 13.9 Å². The highest BCUT2D eigenvalue weighted by Crippen LogP contribution is 2.17. The molecular weight excluding hydrogens is 258 g/mol. The third kappa shape index (κ3) is 3.50. The summed E-state index contributed by atoms with van der Waals surface area (Å²) in [6, 6.07) is 5.28. The van der Waals surface area contributed by atoms with Gasteiger partial charge in [-0.15, -0.1) is 0 Å². The number of nitrogen functional groups attached to an aromatic ring is 1. The minimum Gasteiger partial charge on any atom is -0.469 e. The molecule has 2 heterocycles. The number of anilines is 2. The molecule has 6 heteroatoms. The lowest BCUT2D eigenvalue weighted by atomic mass is 10.2. The second-order valence-electron chi connectivity index (χ2n) is 4.14. The van der Waals surface area contributed by atoms with Gasteiger partial charge in [0.25, 0.3) is 0 Å². The van der Waals surface area contributed by atoms with Crippen LogP contribution in [-0.2, 0) is 11.2 Å². The number of furan rings is 1. The van der Waals surface area contributed by atoms with Crippen molar-refractivity contribution in [3.05, 3.63) is 42.0 Å². The summed E-state index contributed by atoms with van der Waals surface area (Å²) in [6.07, 6.45) is 3.82. The highest BCUT2D eigenvalue weighted by Gasteiger charge is 2.14. The molecule has 2 aromatic heterocycles. The van der Waals surface area contributed by atoms with Crippen molar-refractivity contribution in [3.63, 3.8) is 0 Å². The fraction of sp³-hybridized carbons (Fsp3) is 0.286. The van der Waals surface area contributed by atoms with E-state index in [9.17, 15) is 4.79 Å². The Hall–Kier alpha value is -2.50. The molecule has 20 heavy (non-hydrogen) atoms. The number of pyridine rings is 1. The summed E-state index contributed by atoms with van der Waals surface area (Å²) >= 11 is 0. The van der Waals surface area contributed by atoms with Gasteiger partial charge in [-0.3, -0.25) is 0 Å². The second-order valence-corrected chi connectivity index (χ2v) is 4.14. The predicted octanol–water partition coefficient (Wildman–Crippen LogP) is 2.09. The van der Waals surface area contributed by atoms with Crippen LogP contribution in [0.2, 0.25) is 0 Å². The molecule has 0 saturated carbocycles. The summed E-state index contributed by atoms with van der Waals surface area (Å²) < 4.78 is 10.2. The number of aromatic nitrogens is 1. The Morgan fingerprint density at radius 1 is 1.55 bits per heavy atom. The van der Waals surface area contributed by atoms with E-state index in [0.29, 0.717) is 36.6 Å². The first-order valence-electron chi connectivity index (χ1n) is 6.39. The summed E-state index contributed by atoms with van der Waals surface area (Å²) in [5.74, 6) is 0.891. The lowest BCUT2D eigenvalue weighted by Gasteiger charge is -2.10. The highest BCUT2D eigenvalue weighted by molar-refractivity contribution is 5.95. The van der Waals surface area contributed by atoms with E-state index in [4.69, 9.17) is 14.9 Å². The minimum absolute atomic E-state index is 0.305. The summed E-state index contributed by atoms with van der Waals surface area (Å²) in [5, 5.41) is 3.09. The monoisotopic (exact) mass is 275 g/mol. The molecule has 0 aliphatic carbocycles. The molecule has 2 aromatic rings. The van der Waals surface area contributed by atoms with Crippen LogP contribution in [0.3, 0.4) is 0 Å². The first-order chi connectivity index (χ1) is 9.70. The van der Waals surface area contributed by atoms with Gasteiger partial charge in [-0.1, -0.05) is 0 Å². The molecule has 0 aliphatic rings. The summed E-state index contributed by atoms with van der Waals surface area (Å²) in [5.41, 5.74) is 6.41. The lowest BCUT2D eigenvalue weighted by Crippen LogP contribution is -2.13. The number of hydrogen-bond acceptors (Lipinski definition) is 6. The van der Waals surface area contributed by atoms with Gasteiger partial charge in [-0.05, 0) is 25.1 Å². The zero-order chi connectivity index (χ0) is 14.4. The number of rotatable bonds is 6. The van der Waals surface area contributed by atoms with Gasteiger partial charge < -0.3 is 20.2 Å². The zero-order valence-electron chi connectivity index (χ0n) is 11.3. The molecule has 0 bridgehead atoms. The van der Waals surface area contributed by atoms with E-state index in [1.165, 1.54) is 6.20 Å². The van der Waals surface area contributed by atoms with Gasteiger partial charge in [-0.2, -0.15) is 0 Å². The third-order valence-electron chi connectivity index (χ3n) is 2.65. The van der Waals surface area contributed by atoms with Crippen molar-refractivity contribution in [3.8, 4) is 0 Å². The van der Waals surface area contributed by atoms with E-state index in [-0.39, 0.29) is 0 Å². The Kier molecular flexibility index (Phi) is 4.60. The predicted molar refractivity (Wildman–Crippen MR) is 75.5 cm³/mol. The van der Waals surface area contributed by atoms with E-state index < -0.39 is 5.97 Å². The summed E-state index contributed by atoms with van der Waals surface area (Å²) in [6.45, 7) is 2.65. The van der Waals surface area contributed by atoms with Gasteiger partial charge >= 0.3 is 5.97 Å². The van der Waals surface area contributed by atoms with Gasteiger partial charge in [0.1, 0.15) is 17.1 Å². The molecule has 0 unspecified atom stereocenters. The average molecular weight is 275 g/mol. The smallest absolute Gasteiger partial charge is 0.341 e. The molecule has 2 rings (SSSR count). The van der Waals surface area contributed by atoms with Gasteiger partial charge in [0.05, 0.1) is 24.8 Å². The number of nitrogens with one attached hydrogen (secondary N) is 1. The number of nitrogens with zero attached hydrogens (tertiary/aromatic N) is 1. The largest absolute Gasteiger partial charge is 0.469 e. The molecule has 0 saturated heterocycles. The number of ether oxygens (including phenoxy) is 1. The van der Waals surface area contributed by atoms with Crippen LogP contribution in [0.5, 0.6) is 0 Å². The van der Waals surface area contributed by atoms with Crippen LogP contribution in [0.15, 0.2) is 35.1 Å². The lowest BCUT2D eigenvalue weighted by molar-refractivity contribution is 0.0527. The number of carbonyl (C=O) groups excluding carboxylic acids is 1. The normalized spacial score (nSPS) is 10.2. The first kappa shape index (κ1) is 13.9. The average Bonchev–Trinajstić information content (AvgIpc) is 2.94. The zero-order valence-corrected chi connectivity index (χ0v) is 11.3. The van der Waals surface area contributed by atoms with Crippen LogP contribution in [0.4, 0.5) is 11.5 Å². The maximum atomic E-state index is 11.8. The quantitative estimate of drug-likeness (QED) is 0.784. The molecule has 3 N–H and O–H groups in total. The van der Waals surface area contributed by atoms with E-state index in [0.717, 1.165) is 5.76 Å². The number of hydrogen-bond donors (Lipinski definition) is 2. The summed E-state index contributed by atoms with van der Waals surface area (Å²) in [4.78, 5) is 16.0. The standard InChI is InChI=1S/C14H17N3O3/c1-2-19-14(18)12-8-10(15)9-17-13(12)16-6-5-11-4-3-7-20-11/h3-4,7-9H,2,5-6,15H2,1H3,(H,16,17). The van der Waals surface area contributed by atoms with Crippen LogP contribution >= 0.6 is 0 Å². The van der Waals surface area contributed by atoms with Crippen molar-refractivity contribution in [1.29, 1.82) is 0 Å². The van der Waals surface area contributed by atoms with Crippen molar-refractivity contribution in [2.75, 3.05) is 24.2 Å². The van der Waals surface area contributed by atoms with Crippen molar-refractivity contribution >= 4 is 17.5 Å². The van der Waals surface area contributed by atoms with E-state index >= 15 is 0 Å². The molecule has 0 aromatic carbocycles. The van der Waals surface area contributed by atoms with Crippen LogP contribution in [0.25, 0.3) is 0 Å². The molecule has 0 fully saturated rings. The second kappa shape index (κ2) is 6.60. The van der Waals surface area contributed by atoms with E-state index in [1.54, 1.807) is 19.3 Å². The Morgan fingerprint density at radius 2 is 2.40 bits per heavy atom. The van der Waals surface area contributed by atoms with Gasteiger partial charge in [-0.25, -0.2) is 9.78 Å². The van der Waals surface area contributed by atoms with Gasteiger partial charge in [0.2, 0.25) is 0 Å². The molecule has 0 spiro atoms. The topological polar surface area (TPSA) is 90.4 Å². The maximum absolute atomic E-state index is 11.8. The van der Waals surface area contributed by atoms with Gasteiger partial charge in [0.15, 0.2) is 0 Å². The molecule has 0 amide bonds. The maximum Gasteiger partial charge on any atom is 0.341 e. The summed E-state index contributed by atoms with van der Waals surface area (Å²) in [7, 11) is 0. The number of esters is 1. The van der Waals surface area contributed by atoms with E-state index in [1.807, 2.05) is 12.1 Å². The SMILES string of the molecule is CCOC(=O)c1cc(N)cnc1NCCc1ccco1. The van der Waals surface area contributed by atoms with Crippen LogP contribution in [0.1, 0.15) is 23.0 Å². The fourth-order valence-corrected chi connectivity index (χ4v) is 1.75. The van der Waals surface area contributed by atoms with Crippen LogP contribution in [-0.4, -0.2) is 24.1 Å². The van der Waals surface area contributed by atoms with Crippen molar-refractivity contribution in [2.45, 2.75) is 13.3 Å². The molecule has 0 radical (unpaired) electrons. The van der Waals surface area contributed by atoms with Crippen molar-refractivity contribution in [1.82, 2.24) is 4.98 Å². The van der Waals surface area contributed by atoms with Crippen molar-refractivity contribution in [2.24, 2.45) is 0 Å². The Balaban J connectivity index is 2.04. The Morgan fingerprint density at radius 3 is 3.10 bits per heavy atom. The number of nitrogens with two attached hydrogens (primary N) is 1. The molecule has 0 aliphatic heterocycles. The Labute approximate surface area is 116 Å². The third-order valence-corrected chi connectivity index (χ3v) is 2.65.